The van der Waals surface area contributed by atoms with Crippen LogP contribution in [0.1, 0.15) is 23.7 Å². The molecule has 30 heavy (non-hydrogen) atoms. The maximum absolute atomic E-state index is 12.7. The number of hydrogen-bond donors (Lipinski definition) is 2. The van der Waals surface area contributed by atoms with Crippen molar-refractivity contribution in [2.45, 2.75) is 13.3 Å². The van der Waals surface area contributed by atoms with Crippen LogP contribution in [0.4, 0.5) is 22.7 Å². The van der Waals surface area contributed by atoms with E-state index < -0.39 is 10.0 Å². The number of rotatable bonds is 5. The van der Waals surface area contributed by atoms with Crippen LogP contribution < -0.4 is 14.9 Å². The summed E-state index contributed by atoms with van der Waals surface area (Å²) in [5.74, 6) is -0.189. The number of anilines is 4. The highest BCUT2D eigenvalue weighted by Gasteiger charge is 2.22. The van der Waals surface area contributed by atoms with Crippen molar-refractivity contribution in [1.29, 1.82) is 0 Å². The molecule has 0 unspecified atom stereocenters. The van der Waals surface area contributed by atoms with E-state index in [2.05, 4.69) is 10.6 Å². The Morgan fingerprint density at radius 1 is 0.833 bits per heavy atom. The highest BCUT2D eigenvalue weighted by atomic mass is 32.2. The average Bonchev–Trinajstić information content (AvgIpc) is 2.86. The zero-order valence-corrected chi connectivity index (χ0v) is 17.7. The molecule has 154 valence electrons. The summed E-state index contributed by atoms with van der Waals surface area (Å²) in [6, 6.07) is 20.4. The summed E-state index contributed by atoms with van der Waals surface area (Å²) in [4.78, 5) is 12.7. The third-order valence-corrected chi connectivity index (χ3v) is 6.20. The van der Waals surface area contributed by atoms with E-state index in [9.17, 15) is 13.2 Å². The van der Waals surface area contributed by atoms with Gasteiger partial charge in [-0.25, -0.2) is 8.42 Å². The van der Waals surface area contributed by atoms with E-state index >= 15 is 0 Å². The molecule has 0 fully saturated rings. The number of benzene rings is 3. The van der Waals surface area contributed by atoms with E-state index in [0.29, 0.717) is 35.6 Å². The molecule has 0 spiro atoms. The second-order valence-electron chi connectivity index (χ2n) is 7.24. The van der Waals surface area contributed by atoms with Crippen LogP contribution in [0.5, 0.6) is 0 Å². The first-order valence-electron chi connectivity index (χ1n) is 9.77. The molecule has 0 atom stereocenters. The van der Waals surface area contributed by atoms with Gasteiger partial charge >= 0.3 is 0 Å². The number of nitrogens with one attached hydrogen (secondary N) is 2. The highest BCUT2D eigenvalue weighted by molar-refractivity contribution is 7.92. The topological polar surface area (TPSA) is 78.5 Å². The second kappa shape index (κ2) is 7.84. The highest BCUT2D eigenvalue weighted by Crippen LogP contribution is 2.37. The van der Waals surface area contributed by atoms with Crippen LogP contribution in [0.15, 0.2) is 66.7 Å². The molecule has 4 rings (SSSR count). The minimum Gasteiger partial charge on any atom is -0.353 e. The van der Waals surface area contributed by atoms with Gasteiger partial charge in [-0.1, -0.05) is 43.3 Å². The van der Waals surface area contributed by atoms with Gasteiger partial charge in [-0.3, -0.25) is 9.10 Å². The molecule has 0 saturated heterocycles. The fraction of sp³-hybridized carbons (Fsp3) is 0.174. The van der Waals surface area contributed by atoms with Crippen molar-refractivity contribution in [3.63, 3.8) is 0 Å². The third-order valence-electron chi connectivity index (χ3n) is 5.02. The minimum absolute atomic E-state index is 0.189. The number of nitrogens with zero attached hydrogens (tertiary/aromatic N) is 1. The van der Waals surface area contributed by atoms with Crippen LogP contribution in [0.2, 0.25) is 0 Å². The Labute approximate surface area is 176 Å². The molecule has 3 aromatic rings. The van der Waals surface area contributed by atoms with Gasteiger partial charge in [-0.2, -0.15) is 0 Å². The number of para-hydroxylation sites is 3. The van der Waals surface area contributed by atoms with Crippen molar-refractivity contribution in [2.24, 2.45) is 0 Å². The van der Waals surface area contributed by atoms with Crippen LogP contribution in [-0.4, -0.2) is 27.1 Å². The molecule has 1 aliphatic heterocycles. The Bertz CT molecular complexity index is 1220. The Morgan fingerprint density at radius 3 is 2.20 bits per heavy atom. The largest absolute Gasteiger partial charge is 0.353 e. The van der Waals surface area contributed by atoms with Crippen molar-refractivity contribution in [3.8, 4) is 11.1 Å². The summed E-state index contributed by atoms with van der Waals surface area (Å²) in [5, 5.41) is 6.25. The zero-order chi connectivity index (χ0) is 21.3. The van der Waals surface area contributed by atoms with Crippen LogP contribution in [0, 0.1) is 0 Å². The van der Waals surface area contributed by atoms with Crippen LogP contribution in [0.3, 0.4) is 0 Å². The molecule has 1 amide bonds. The van der Waals surface area contributed by atoms with Gasteiger partial charge in [-0.05, 0) is 42.3 Å². The van der Waals surface area contributed by atoms with Crippen LogP contribution in [0.25, 0.3) is 11.1 Å². The molecular formula is C23H23N3O3S. The van der Waals surface area contributed by atoms with E-state index in [4.69, 9.17) is 0 Å². The van der Waals surface area contributed by atoms with Crippen molar-refractivity contribution in [2.75, 3.05) is 27.7 Å². The van der Waals surface area contributed by atoms with E-state index in [1.54, 1.807) is 6.07 Å². The number of carbonyl (C=O) groups excluding carboxylic acids is 1. The summed E-state index contributed by atoms with van der Waals surface area (Å²) in [6.07, 6.45) is 1.92. The molecular weight excluding hydrogens is 398 g/mol. The summed E-state index contributed by atoms with van der Waals surface area (Å²) in [6.45, 7) is 2.35. The lowest BCUT2D eigenvalue weighted by atomic mass is 10.00. The summed E-state index contributed by atoms with van der Waals surface area (Å²) >= 11 is 0. The summed E-state index contributed by atoms with van der Waals surface area (Å²) in [5.41, 5.74) is 4.96. The third kappa shape index (κ3) is 3.76. The van der Waals surface area contributed by atoms with Gasteiger partial charge in [0.25, 0.3) is 5.91 Å². The van der Waals surface area contributed by atoms with Gasteiger partial charge in [0, 0.05) is 12.1 Å². The first-order valence-corrected chi connectivity index (χ1v) is 11.6. The predicted molar refractivity (Wildman–Crippen MR) is 122 cm³/mol. The SMILES string of the molecule is CCCN(c1ccccc1-c1ccc2c(c1)Nc1ccccc1NC2=O)S(C)(=O)=O. The van der Waals surface area contributed by atoms with Crippen molar-refractivity contribution in [1.82, 2.24) is 0 Å². The Morgan fingerprint density at radius 2 is 1.50 bits per heavy atom. The molecule has 2 N–H and O–H groups in total. The first-order chi connectivity index (χ1) is 14.4. The average molecular weight is 422 g/mol. The number of carbonyl (C=O) groups is 1. The van der Waals surface area contributed by atoms with Gasteiger partial charge in [0.05, 0.1) is 34.6 Å². The lowest BCUT2D eigenvalue weighted by molar-refractivity contribution is 0.102. The molecule has 0 aliphatic carbocycles. The molecule has 1 heterocycles. The number of hydrogen-bond acceptors (Lipinski definition) is 4. The molecule has 0 radical (unpaired) electrons. The van der Waals surface area contributed by atoms with E-state index in [1.165, 1.54) is 10.6 Å². The molecule has 1 aliphatic rings. The number of fused-ring (bicyclic) bond motifs is 2. The molecule has 0 aromatic heterocycles. The Balaban J connectivity index is 1.83. The second-order valence-corrected chi connectivity index (χ2v) is 9.14. The molecule has 0 bridgehead atoms. The lowest BCUT2D eigenvalue weighted by Crippen LogP contribution is -2.31. The summed E-state index contributed by atoms with van der Waals surface area (Å²) in [7, 11) is -3.43. The Kier molecular flexibility index (Phi) is 5.22. The maximum Gasteiger partial charge on any atom is 0.257 e. The standard InChI is InChI=1S/C23H23N3O3S/c1-3-14-26(30(2,28)29)22-11-7-4-8-17(22)16-12-13-18-21(15-16)24-19-9-5-6-10-20(19)25-23(18)27/h4-13,15,24H,3,14H2,1-2H3,(H,25,27). The first kappa shape index (κ1) is 20.0. The number of amides is 1. The quantitative estimate of drug-likeness (QED) is 0.618. The van der Waals surface area contributed by atoms with E-state index in [0.717, 1.165) is 16.8 Å². The van der Waals surface area contributed by atoms with Crippen molar-refractivity contribution in [3.05, 3.63) is 72.3 Å². The monoisotopic (exact) mass is 421 g/mol. The van der Waals surface area contributed by atoms with Crippen molar-refractivity contribution >= 4 is 38.7 Å². The fourth-order valence-corrected chi connectivity index (χ4v) is 4.68. The number of sulfonamides is 1. The minimum atomic E-state index is -3.43. The van der Waals surface area contributed by atoms with Crippen LogP contribution in [-0.2, 0) is 10.0 Å². The van der Waals surface area contributed by atoms with Gasteiger partial charge in [0.2, 0.25) is 10.0 Å². The summed E-state index contributed by atoms with van der Waals surface area (Å²) < 4.78 is 26.3. The van der Waals surface area contributed by atoms with Crippen LogP contribution >= 0.6 is 0 Å². The van der Waals surface area contributed by atoms with Gasteiger partial charge in [0.15, 0.2) is 0 Å². The molecule has 3 aromatic carbocycles. The van der Waals surface area contributed by atoms with Crippen molar-refractivity contribution < 1.29 is 13.2 Å². The van der Waals surface area contributed by atoms with E-state index in [1.807, 2.05) is 67.6 Å². The fourth-order valence-electron chi connectivity index (χ4n) is 3.65. The van der Waals surface area contributed by atoms with Gasteiger partial charge in [-0.15, -0.1) is 0 Å². The predicted octanol–water partition coefficient (Wildman–Crippen LogP) is 4.84. The van der Waals surface area contributed by atoms with E-state index in [-0.39, 0.29) is 5.91 Å². The zero-order valence-electron chi connectivity index (χ0n) is 16.8. The van der Waals surface area contributed by atoms with Gasteiger partial charge in [0.1, 0.15) is 0 Å². The lowest BCUT2D eigenvalue weighted by Gasteiger charge is -2.25. The maximum atomic E-state index is 12.7. The van der Waals surface area contributed by atoms with Gasteiger partial charge < -0.3 is 10.6 Å². The molecule has 7 heteroatoms. The molecule has 0 saturated carbocycles. The smallest absolute Gasteiger partial charge is 0.257 e. The Hall–Kier alpha value is -3.32. The molecule has 6 nitrogen and oxygen atoms in total. The normalized spacial score (nSPS) is 12.8.